The smallest absolute Gasteiger partial charge is 0.224 e. The van der Waals surface area contributed by atoms with E-state index in [-0.39, 0.29) is 11.7 Å². The SMILES string of the molecule is CCC(=O)Nc1cncc(-c2cc3c(-c4cc5c(-c6cccc(F)c6)nccc5[nH]4)n[nH]c3cn2)c1. The number of aromatic nitrogens is 6. The highest BCUT2D eigenvalue weighted by molar-refractivity contribution is 6.00. The van der Waals surface area contributed by atoms with Gasteiger partial charge in [-0.1, -0.05) is 19.1 Å². The molecule has 1 amide bonds. The van der Waals surface area contributed by atoms with Gasteiger partial charge >= 0.3 is 0 Å². The van der Waals surface area contributed by atoms with Crippen LogP contribution < -0.4 is 5.32 Å². The van der Waals surface area contributed by atoms with Gasteiger partial charge < -0.3 is 10.3 Å². The first-order valence-electron chi connectivity index (χ1n) is 11.4. The molecule has 0 aliphatic rings. The molecule has 36 heavy (non-hydrogen) atoms. The molecule has 5 heterocycles. The second-order valence-corrected chi connectivity index (χ2v) is 8.37. The number of halogens is 1. The Morgan fingerprint density at radius 2 is 1.83 bits per heavy atom. The van der Waals surface area contributed by atoms with E-state index in [0.29, 0.717) is 29.1 Å². The van der Waals surface area contributed by atoms with Gasteiger partial charge in [-0.15, -0.1) is 0 Å². The van der Waals surface area contributed by atoms with E-state index in [1.165, 1.54) is 12.1 Å². The van der Waals surface area contributed by atoms with Crippen molar-refractivity contribution in [3.8, 4) is 33.9 Å². The molecule has 6 aromatic rings. The second-order valence-electron chi connectivity index (χ2n) is 8.37. The van der Waals surface area contributed by atoms with Crippen LogP contribution in [0.3, 0.4) is 0 Å². The first-order chi connectivity index (χ1) is 17.6. The number of fused-ring (bicyclic) bond motifs is 2. The van der Waals surface area contributed by atoms with Crippen molar-refractivity contribution in [1.29, 1.82) is 0 Å². The van der Waals surface area contributed by atoms with E-state index in [1.54, 1.807) is 37.8 Å². The monoisotopic (exact) mass is 477 g/mol. The lowest BCUT2D eigenvalue weighted by molar-refractivity contribution is -0.115. The topological polar surface area (TPSA) is 112 Å². The molecule has 0 radical (unpaired) electrons. The summed E-state index contributed by atoms with van der Waals surface area (Å²) in [7, 11) is 0. The van der Waals surface area contributed by atoms with E-state index in [0.717, 1.165) is 38.8 Å². The first kappa shape index (κ1) is 21.6. The molecular formula is C27H20FN7O. The Kier molecular flexibility index (Phi) is 5.22. The van der Waals surface area contributed by atoms with E-state index in [4.69, 9.17) is 0 Å². The van der Waals surface area contributed by atoms with Gasteiger partial charge in [-0.3, -0.25) is 24.8 Å². The van der Waals surface area contributed by atoms with Gasteiger partial charge in [0.15, 0.2) is 0 Å². The number of hydrogen-bond acceptors (Lipinski definition) is 5. The molecule has 0 unspecified atom stereocenters. The van der Waals surface area contributed by atoms with E-state index >= 15 is 0 Å². The van der Waals surface area contributed by atoms with E-state index in [2.05, 4.69) is 35.5 Å². The predicted molar refractivity (Wildman–Crippen MR) is 137 cm³/mol. The summed E-state index contributed by atoms with van der Waals surface area (Å²) in [6.45, 7) is 1.80. The average molecular weight is 478 g/mol. The number of rotatable bonds is 5. The molecule has 0 saturated heterocycles. The number of hydrogen-bond donors (Lipinski definition) is 3. The van der Waals surface area contributed by atoms with Crippen molar-refractivity contribution in [3.63, 3.8) is 0 Å². The van der Waals surface area contributed by atoms with Crippen LogP contribution in [0.5, 0.6) is 0 Å². The Bertz CT molecular complexity index is 1750. The summed E-state index contributed by atoms with van der Waals surface area (Å²) < 4.78 is 13.9. The molecule has 9 heteroatoms. The number of benzene rings is 1. The lowest BCUT2D eigenvalue weighted by atomic mass is 10.1. The van der Waals surface area contributed by atoms with E-state index in [9.17, 15) is 9.18 Å². The number of H-pyrrole nitrogens is 2. The highest BCUT2D eigenvalue weighted by atomic mass is 19.1. The number of aromatic amines is 2. The predicted octanol–water partition coefficient (Wildman–Crippen LogP) is 5.72. The Balaban J connectivity index is 1.43. The van der Waals surface area contributed by atoms with Crippen molar-refractivity contribution >= 4 is 33.4 Å². The maximum absolute atomic E-state index is 13.9. The minimum absolute atomic E-state index is 0.0830. The molecule has 0 spiro atoms. The van der Waals surface area contributed by atoms with Crippen LogP contribution in [-0.4, -0.2) is 36.0 Å². The van der Waals surface area contributed by atoms with Crippen molar-refractivity contribution in [2.45, 2.75) is 13.3 Å². The Labute approximate surface area is 204 Å². The number of pyridine rings is 3. The highest BCUT2D eigenvalue weighted by Gasteiger charge is 2.16. The molecule has 0 bridgehead atoms. The number of nitrogens with one attached hydrogen (secondary N) is 3. The molecule has 6 rings (SSSR count). The van der Waals surface area contributed by atoms with Gasteiger partial charge in [0.25, 0.3) is 0 Å². The number of amides is 1. The van der Waals surface area contributed by atoms with Crippen LogP contribution in [0.1, 0.15) is 13.3 Å². The fraction of sp³-hybridized carbons (Fsp3) is 0.0741. The summed E-state index contributed by atoms with van der Waals surface area (Å²) in [4.78, 5) is 28.5. The molecule has 0 atom stereocenters. The zero-order valence-corrected chi connectivity index (χ0v) is 19.2. The summed E-state index contributed by atoms with van der Waals surface area (Å²) in [6, 6.07) is 14.0. The second kappa shape index (κ2) is 8.70. The van der Waals surface area contributed by atoms with Gasteiger partial charge in [0.05, 0.1) is 40.7 Å². The lowest BCUT2D eigenvalue weighted by Crippen LogP contribution is -2.09. The average Bonchev–Trinajstić information content (AvgIpc) is 3.52. The minimum atomic E-state index is -0.312. The van der Waals surface area contributed by atoms with Crippen LogP contribution in [-0.2, 0) is 4.79 Å². The maximum Gasteiger partial charge on any atom is 0.224 e. The normalized spacial score (nSPS) is 11.3. The number of carbonyl (C=O) groups excluding carboxylic acids is 1. The standard InChI is InChI=1S/C27H20FN7O/c1-2-25(36)32-18-9-16(12-29-13-18)22-10-20-24(14-31-22)34-35-27(20)23-11-19-21(33-23)6-7-30-26(19)15-4-3-5-17(28)8-15/h3-14,33H,2H2,1H3,(H,32,36)(H,34,35). The molecule has 0 saturated carbocycles. The van der Waals surface area contributed by atoms with Gasteiger partial charge in [-0.05, 0) is 36.4 Å². The fourth-order valence-corrected chi connectivity index (χ4v) is 4.22. The number of anilines is 1. The summed E-state index contributed by atoms with van der Waals surface area (Å²) >= 11 is 0. The molecule has 0 aliphatic carbocycles. The Morgan fingerprint density at radius 1 is 0.944 bits per heavy atom. The van der Waals surface area contributed by atoms with Crippen LogP contribution in [0, 0.1) is 5.82 Å². The highest BCUT2D eigenvalue weighted by Crippen LogP contribution is 2.34. The Hall–Kier alpha value is -4.92. The summed E-state index contributed by atoms with van der Waals surface area (Å²) in [6.07, 6.45) is 7.11. The third kappa shape index (κ3) is 3.86. The number of carbonyl (C=O) groups is 1. The summed E-state index contributed by atoms with van der Waals surface area (Å²) in [5.74, 6) is -0.395. The molecule has 176 valence electrons. The zero-order chi connectivity index (χ0) is 24.6. The minimum Gasteiger partial charge on any atom is -0.353 e. The molecule has 8 nitrogen and oxygen atoms in total. The summed E-state index contributed by atoms with van der Waals surface area (Å²) in [5, 5.41) is 12.1. The van der Waals surface area contributed by atoms with Crippen LogP contribution in [0.25, 0.3) is 55.7 Å². The zero-order valence-electron chi connectivity index (χ0n) is 19.2. The van der Waals surface area contributed by atoms with Gasteiger partial charge in [0.1, 0.15) is 11.5 Å². The van der Waals surface area contributed by atoms with Gasteiger partial charge in [-0.25, -0.2) is 4.39 Å². The third-order valence-corrected chi connectivity index (χ3v) is 5.99. The van der Waals surface area contributed by atoms with Crippen LogP contribution in [0.4, 0.5) is 10.1 Å². The molecule has 5 aromatic heterocycles. The van der Waals surface area contributed by atoms with E-state index < -0.39 is 0 Å². The maximum atomic E-state index is 13.9. The largest absolute Gasteiger partial charge is 0.353 e. The Morgan fingerprint density at radius 3 is 2.69 bits per heavy atom. The van der Waals surface area contributed by atoms with Crippen molar-refractivity contribution in [2.24, 2.45) is 0 Å². The van der Waals surface area contributed by atoms with Crippen LogP contribution in [0.2, 0.25) is 0 Å². The molecule has 0 fully saturated rings. The first-order valence-corrected chi connectivity index (χ1v) is 11.4. The van der Waals surface area contributed by atoms with Crippen LogP contribution in [0.15, 0.2) is 73.3 Å². The fourth-order valence-electron chi connectivity index (χ4n) is 4.22. The van der Waals surface area contributed by atoms with Crippen molar-refractivity contribution in [3.05, 3.63) is 79.1 Å². The van der Waals surface area contributed by atoms with Crippen molar-refractivity contribution in [1.82, 2.24) is 30.1 Å². The number of nitrogens with zero attached hydrogens (tertiary/aromatic N) is 4. The lowest BCUT2D eigenvalue weighted by Gasteiger charge is -2.06. The molecule has 3 N–H and O–H groups in total. The summed E-state index contributed by atoms with van der Waals surface area (Å²) in [5.41, 5.74) is 6.63. The quantitative estimate of drug-likeness (QED) is 0.294. The molecule has 1 aromatic carbocycles. The van der Waals surface area contributed by atoms with Gasteiger partial charge in [0.2, 0.25) is 5.91 Å². The van der Waals surface area contributed by atoms with Gasteiger partial charge in [0, 0.05) is 46.2 Å². The van der Waals surface area contributed by atoms with Crippen molar-refractivity contribution < 1.29 is 9.18 Å². The third-order valence-electron chi connectivity index (χ3n) is 5.99. The van der Waals surface area contributed by atoms with Crippen molar-refractivity contribution in [2.75, 3.05) is 5.32 Å². The van der Waals surface area contributed by atoms with Gasteiger partial charge in [-0.2, -0.15) is 5.10 Å². The molecule has 0 aliphatic heterocycles. The molecular weight excluding hydrogens is 457 g/mol. The van der Waals surface area contributed by atoms with E-state index in [1.807, 2.05) is 30.3 Å². The van der Waals surface area contributed by atoms with Crippen LogP contribution >= 0.6 is 0 Å².